The molecule has 3 rings (SSSR count). The Labute approximate surface area is 182 Å². The van der Waals surface area contributed by atoms with Gasteiger partial charge in [0, 0.05) is 45.0 Å². The monoisotopic (exact) mass is 441 g/mol. The van der Waals surface area contributed by atoms with Gasteiger partial charge < -0.3 is 15.0 Å². The van der Waals surface area contributed by atoms with Crippen LogP contribution in [0.5, 0.6) is 0 Å². The van der Waals surface area contributed by atoms with Crippen molar-refractivity contribution < 1.29 is 22.7 Å². The van der Waals surface area contributed by atoms with Crippen molar-refractivity contribution in [2.45, 2.75) is 51.2 Å². The fraction of sp³-hybridized carbons (Fsp3) is 0.696. The summed E-state index contributed by atoms with van der Waals surface area (Å²) in [6, 6.07) is 4.72. The molecule has 174 valence electrons. The molecule has 2 fully saturated rings. The second kappa shape index (κ2) is 10.7. The SMILES string of the molecule is COCC(=O)NC1CCC(CCN2CCN(c3cccc(C(F)(F)F)c3C)CC2)CC1. The van der Waals surface area contributed by atoms with E-state index in [9.17, 15) is 18.0 Å². The molecule has 1 amide bonds. The first kappa shape index (κ1) is 23.9. The number of amides is 1. The van der Waals surface area contributed by atoms with Gasteiger partial charge in [-0.2, -0.15) is 13.2 Å². The highest BCUT2D eigenvalue weighted by molar-refractivity contribution is 5.77. The van der Waals surface area contributed by atoms with Crippen LogP contribution in [0.2, 0.25) is 0 Å². The van der Waals surface area contributed by atoms with Crippen LogP contribution in [0.15, 0.2) is 18.2 Å². The van der Waals surface area contributed by atoms with Crippen LogP contribution in [-0.4, -0.2) is 63.3 Å². The maximum Gasteiger partial charge on any atom is 0.416 e. The van der Waals surface area contributed by atoms with Crippen LogP contribution in [0, 0.1) is 12.8 Å². The van der Waals surface area contributed by atoms with E-state index < -0.39 is 11.7 Å². The molecule has 1 saturated heterocycles. The lowest BCUT2D eigenvalue weighted by Gasteiger charge is -2.38. The summed E-state index contributed by atoms with van der Waals surface area (Å²) in [4.78, 5) is 16.1. The van der Waals surface area contributed by atoms with Gasteiger partial charge in [-0.25, -0.2) is 0 Å². The molecule has 2 aliphatic rings. The summed E-state index contributed by atoms with van der Waals surface area (Å²) in [5.41, 5.74) is 0.475. The van der Waals surface area contributed by atoms with Gasteiger partial charge in [0.15, 0.2) is 0 Å². The second-order valence-corrected chi connectivity index (χ2v) is 8.78. The lowest BCUT2D eigenvalue weighted by atomic mass is 9.84. The van der Waals surface area contributed by atoms with Crippen LogP contribution in [0.25, 0.3) is 0 Å². The normalized spacial score (nSPS) is 23.1. The maximum atomic E-state index is 13.2. The molecule has 0 atom stereocenters. The molecule has 1 aliphatic heterocycles. The van der Waals surface area contributed by atoms with Gasteiger partial charge in [-0.05, 0) is 69.2 Å². The van der Waals surface area contributed by atoms with Crippen molar-refractivity contribution >= 4 is 11.6 Å². The highest BCUT2D eigenvalue weighted by atomic mass is 19.4. The number of hydrogen-bond donors (Lipinski definition) is 1. The van der Waals surface area contributed by atoms with Gasteiger partial charge in [0.1, 0.15) is 6.61 Å². The number of ether oxygens (including phenoxy) is 1. The van der Waals surface area contributed by atoms with Crippen molar-refractivity contribution in [2.24, 2.45) is 5.92 Å². The minimum absolute atomic E-state index is 0.0418. The third kappa shape index (κ3) is 6.59. The summed E-state index contributed by atoms with van der Waals surface area (Å²) in [7, 11) is 1.52. The van der Waals surface area contributed by atoms with Crippen molar-refractivity contribution in [3.63, 3.8) is 0 Å². The summed E-state index contributed by atoms with van der Waals surface area (Å²) in [6.07, 6.45) is 1.11. The quantitative estimate of drug-likeness (QED) is 0.698. The number of nitrogens with one attached hydrogen (secondary N) is 1. The van der Waals surface area contributed by atoms with Gasteiger partial charge in [-0.3, -0.25) is 9.69 Å². The molecular formula is C23H34F3N3O2. The van der Waals surface area contributed by atoms with E-state index in [-0.39, 0.29) is 18.6 Å². The van der Waals surface area contributed by atoms with Crippen LogP contribution >= 0.6 is 0 Å². The number of rotatable bonds is 7. The third-order valence-corrected chi connectivity index (χ3v) is 6.66. The highest BCUT2D eigenvalue weighted by Crippen LogP contribution is 2.36. The van der Waals surface area contributed by atoms with Gasteiger partial charge in [-0.1, -0.05) is 6.07 Å². The predicted molar refractivity (Wildman–Crippen MR) is 115 cm³/mol. The molecule has 1 heterocycles. The number of halogens is 3. The van der Waals surface area contributed by atoms with Crippen LogP contribution in [0.1, 0.15) is 43.2 Å². The van der Waals surface area contributed by atoms with Crippen molar-refractivity contribution in [2.75, 3.05) is 51.3 Å². The average molecular weight is 442 g/mol. The van der Waals surface area contributed by atoms with Gasteiger partial charge in [-0.15, -0.1) is 0 Å². The largest absolute Gasteiger partial charge is 0.416 e. The molecule has 0 radical (unpaired) electrons. The first-order valence-corrected chi connectivity index (χ1v) is 11.2. The number of nitrogens with zero attached hydrogens (tertiary/aromatic N) is 2. The lowest BCUT2D eigenvalue weighted by Crippen LogP contribution is -2.47. The van der Waals surface area contributed by atoms with E-state index in [4.69, 9.17) is 4.74 Å². The standard InChI is InChI=1S/C23H34F3N3O2/c1-17-20(23(24,25)26)4-3-5-21(17)29-14-12-28(13-15-29)11-10-18-6-8-19(9-7-18)27-22(30)16-31-2/h3-5,18-19H,6-16H2,1-2H3,(H,27,30). The summed E-state index contributed by atoms with van der Waals surface area (Å²) in [5, 5.41) is 3.03. The molecule has 0 aromatic heterocycles. The van der Waals surface area contributed by atoms with Crippen LogP contribution in [0.4, 0.5) is 18.9 Å². The fourth-order valence-corrected chi connectivity index (χ4v) is 4.85. The van der Waals surface area contributed by atoms with Gasteiger partial charge in [0.2, 0.25) is 5.91 Å². The third-order valence-electron chi connectivity index (χ3n) is 6.66. The molecule has 5 nitrogen and oxygen atoms in total. The minimum Gasteiger partial charge on any atom is -0.375 e. The number of anilines is 1. The molecule has 8 heteroatoms. The smallest absolute Gasteiger partial charge is 0.375 e. The first-order valence-electron chi connectivity index (χ1n) is 11.2. The summed E-state index contributed by atoms with van der Waals surface area (Å²) < 4.78 is 44.5. The number of hydrogen-bond acceptors (Lipinski definition) is 4. The Hall–Kier alpha value is -1.80. The molecule has 0 bridgehead atoms. The average Bonchev–Trinajstić information content (AvgIpc) is 2.73. The molecule has 1 aromatic carbocycles. The Morgan fingerprint density at radius 1 is 1.13 bits per heavy atom. The Morgan fingerprint density at radius 2 is 1.81 bits per heavy atom. The topological polar surface area (TPSA) is 44.8 Å². The van der Waals surface area contributed by atoms with E-state index in [2.05, 4.69) is 15.1 Å². The van der Waals surface area contributed by atoms with Crippen LogP contribution in [-0.2, 0) is 15.7 Å². The van der Waals surface area contributed by atoms with Gasteiger partial charge >= 0.3 is 6.18 Å². The molecule has 0 unspecified atom stereocenters. The molecule has 31 heavy (non-hydrogen) atoms. The number of benzene rings is 1. The number of piperazine rings is 1. The summed E-state index contributed by atoms with van der Waals surface area (Å²) >= 11 is 0. The number of methoxy groups -OCH3 is 1. The molecule has 1 saturated carbocycles. The number of carbonyl (C=O) groups excluding carboxylic acids is 1. The van der Waals surface area contributed by atoms with Crippen molar-refractivity contribution in [3.8, 4) is 0 Å². The van der Waals surface area contributed by atoms with E-state index in [1.165, 1.54) is 13.2 Å². The number of carbonyl (C=O) groups is 1. The van der Waals surface area contributed by atoms with E-state index in [1.54, 1.807) is 13.0 Å². The van der Waals surface area contributed by atoms with E-state index >= 15 is 0 Å². The fourth-order valence-electron chi connectivity index (χ4n) is 4.85. The Kier molecular flexibility index (Phi) is 8.22. The zero-order chi connectivity index (χ0) is 22.4. The Balaban J connectivity index is 1.40. The predicted octanol–water partition coefficient (Wildman–Crippen LogP) is 3.85. The lowest BCUT2D eigenvalue weighted by molar-refractivity contribution is -0.138. The maximum absolute atomic E-state index is 13.2. The van der Waals surface area contributed by atoms with Gasteiger partial charge in [0.25, 0.3) is 0 Å². The molecule has 1 aliphatic carbocycles. The van der Waals surface area contributed by atoms with Crippen molar-refractivity contribution in [1.29, 1.82) is 0 Å². The van der Waals surface area contributed by atoms with Gasteiger partial charge in [0.05, 0.1) is 5.56 Å². The van der Waals surface area contributed by atoms with Crippen LogP contribution in [0.3, 0.4) is 0 Å². The van der Waals surface area contributed by atoms with Crippen molar-refractivity contribution in [3.05, 3.63) is 29.3 Å². The highest BCUT2D eigenvalue weighted by Gasteiger charge is 2.34. The Morgan fingerprint density at radius 3 is 2.42 bits per heavy atom. The number of alkyl halides is 3. The molecular weight excluding hydrogens is 407 g/mol. The first-order chi connectivity index (χ1) is 14.8. The molecule has 0 spiro atoms. The van der Waals surface area contributed by atoms with Crippen LogP contribution < -0.4 is 10.2 Å². The minimum atomic E-state index is -4.31. The Bertz CT molecular complexity index is 725. The van der Waals surface area contributed by atoms with E-state index in [1.807, 2.05) is 0 Å². The summed E-state index contributed by atoms with van der Waals surface area (Å²) in [5.74, 6) is 0.638. The second-order valence-electron chi connectivity index (χ2n) is 8.78. The van der Waals surface area contributed by atoms with E-state index in [0.717, 1.165) is 70.9 Å². The molecule has 1 aromatic rings. The van der Waals surface area contributed by atoms with E-state index in [0.29, 0.717) is 17.2 Å². The zero-order valence-electron chi connectivity index (χ0n) is 18.5. The zero-order valence-corrected chi connectivity index (χ0v) is 18.5. The summed E-state index contributed by atoms with van der Waals surface area (Å²) in [6.45, 7) is 5.96. The molecule has 1 N–H and O–H groups in total. The van der Waals surface area contributed by atoms with Crippen molar-refractivity contribution in [1.82, 2.24) is 10.2 Å².